The molecule has 88 valence electrons. The Morgan fingerprint density at radius 1 is 1.69 bits per heavy atom. The summed E-state index contributed by atoms with van der Waals surface area (Å²) in [7, 11) is 0. The van der Waals surface area contributed by atoms with Crippen LogP contribution in [0.4, 0.5) is 0 Å². The van der Waals surface area contributed by atoms with Gasteiger partial charge >= 0.3 is 0 Å². The third-order valence-corrected chi connectivity index (χ3v) is 3.70. The lowest BCUT2D eigenvalue weighted by atomic mass is 10.2. The van der Waals surface area contributed by atoms with Crippen molar-refractivity contribution in [1.82, 2.24) is 15.3 Å². The van der Waals surface area contributed by atoms with E-state index >= 15 is 0 Å². The van der Waals surface area contributed by atoms with Crippen molar-refractivity contribution >= 4 is 11.8 Å². The van der Waals surface area contributed by atoms with Crippen LogP contribution in [0.3, 0.4) is 0 Å². The van der Waals surface area contributed by atoms with Crippen LogP contribution in [0.5, 0.6) is 0 Å². The van der Waals surface area contributed by atoms with Gasteiger partial charge in [-0.3, -0.25) is 4.79 Å². The van der Waals surface area contributed by atoms with Gasteiger partial charge in [0.05, 0.1) is 0 Å². The molecule has 1 unspecified atom stereocenters. The maximum atomic E-state index is 11.0. The molecule has 1 atom stereocenters. The molecule has 0 saturated heterocycles. The van der Waals surface area contributed by atoms with E-state index in [1.807, 2.05) is 0 Å². The Bertz CT molecular complexity index is 389. The SMILES string of the molecule is CC(CNC1CC1)CSc1nccc(=O)[nH]1. The normalized spacial score (nSPS) is 17.3. The first-order chi connectivity index (χ1) is 7.74. The number of aromatic nitrogens is 2. The number of hydrogen-bond donors (Lipinski definition) is 2. The second-order valence-electron chi connectivity index (χ2n) is 4.34. The van der Waals surface area contributed by atoms with Crippen LogP contribution in [-0.4, -0.2) is 28.3 Å². The number of rotatable bonds is 6. The van der Waals surface area contributed by atoms with Gasteiger partial charge in [-0.15, -0.1) is 0 Å². The lowest BCUT2D eigenvalue weighted by Crippen LogP contribution is -2.24. The minimum Gasteiger partial charge on any atom is -0.314 e. The molecule has 0 aliphatic heterocycles. The highest BCUT2D eigenvalue weighted by Gasteiger charge is 2.20. The number of hydrogen-bond acceptors (Lipinski definition) is 4. The minimum atomic E-state index is -0.0822. The van der Waals surface area contributed by atoms with Crippen molar-refractivity contribution in [3.8, 4) is 0 Å². The van der Waals surface area contributed by atoms with E-state index in [4.69, 9.17) is 0 Å². The maximum Gasteiger partial charge on any atom is 0.251 e. The van der Waals surface area contributed by atoms with Gasteiger partial charge in [0.15, 0.2) is 5.16 Å². The maximum absolute atomic E-state index is 11.0. The summed E-state index contributed by atoms with van der Waals surface area (Å²) in [5.74, 6) is 1.57. The van der Waals surface area contributed by atoms with Crippen LogP contribution in [0.1, 0.15) is 19.8 Å². The van der Waals surface area contributed by atoms with Gasteiger partial charge in [-0.25, -0.2) is 4.98 Å². The highest BCUT2D eigenvalue weighted by molar-refractivity contribution is 7.99. The predicted molar refractivity (Wildman–Crippen MR) is 65.8 cm³/mol. The van der Waals surface area contributed by atoms with Crippen molar-refractivity contribution in [2.75, 3.05) is 12.3 Å². The molecule has 1 aliphatic carbocycles. The number of nitrogens with one attached hydrogen (secondary N) is 2. The average molecular weight is 239 g/mol. The fourth-order valence-corrected chi connectivity index (χ4v) is 2.23. The molecule has 1 fully saturated rings. The van der Waals surface area contributed by atoms with Gasteiger partial charge in [0, 0.05) is 24.1 Å². The van der Waals surface area contributed by atoms with Crippen LogP contribution in [0.2, 0.25) is 0 Å². The molecule has 0 spiro atoms. The van der Waals surface area contributed by atoms with E-state index < -0.39 is 0 Å². The zero-order chi connectivity index (χ0) is 11.4. The van der Waals surface area contributed by atoms with Crippen LogP contribution >= 0.6 is 11.8 Å². The molecule has 1 aliphatic rings. The first-order valence-corrected chi connectivity index (χ1v) is 6.64. The van der Waals surface area contributed by atoms with Gasteiger partial charge in [-0.1, -0.05) is 18.7 Å². The van der Waals surface area contributed by atoms with E-state index in [-0.39, 0.29) is 5.56 Å². The largest absolute Gasteiger partial charge is 0.314 e. The highest BCUT2D eigenvalue weighted by atomic mass is 32.2. The van der Waals surface area contributed by atoms with E-state index in [2.05, 4.69) is 22.2 Å². The second-order valence-corrected chi connectivity index (χ2v) is 5.35. The van der Waals surface area contributed by atoms with Gasteiger partial charge in [-0.2, -0.15) is 0 Å². The van der Waals surface area contributed by atoms with Crippen LogP contribution in [0, 0.1) is 5.92 Å². The first kappa shape index (κ1) is 11.7. The molecular formula is C11H17N3OS. The van der Waals surface area contributed by atoms with Gasteiger partial charge < -0.3 is 10.3 Å². The van der Waals surface area contributed by atoms with Crippen molar-refractivity contribution in [3.63, 3.8) is 0 Å². The molecule has 16 heavy (non-hydrogen) atoms. The van der Waals surface area contributed by atoms with Crippen molar-refractivity contribution in [1.29, 1.82) is 0 Å². The molecular weight excluding hydrogens is 222 g/mol. The summed E-state index contributed by atoms with van der Waals surface area (Å²) in [6, 6.07) is 2.20. The monoisotopic (exact) mass is 239 g/mol. The molecule has 4 nitrogen and oxygen atoms in total. The molecule has 1 aromatic heterocycles. The van der Waals surface area contributed by atoms with Gasteiger partial charge in [0.2, 0.25) is 0 Å². The molecule has 0 amide bonds. The molecule has 1 saturated carbocycles. The lowest BCUT2D eigenvalue weighted by molar-refractivity contribution is 0.556. The van der Waals surface area contributed by atoms with Crippen LogP contribution in [0.15, 0.2) is 22.2 Å². The van der Waals surface area contributed by atoms with Crippen molar-refractivity contribution in [2.45, 2.75) is 31.0 Å². The summed E-state index contributed by atoms with van der Waals surface area (Å²) in [6.45, 7) is 3.26. The molecule has 2 rings (SSSR count). The van der Waals surface area contributed by atoms with E-state index in [1.165, 1.54) is 18.9 Å². The average Bonchev–Trinajstić information content (AvgIpc) is 3.07. The van der Waals surface area contributed by atoms with Crippen LogP contribution < -0.4 is 10.9 Å². The van der Waals surface area contributed by atoms with Gasteiger partial charge in [0.1, 0.15) is 0 Å². The first-order valence-electron chi connectivity index (χ1n) is 5.65. The van der Waals surface area contributed by atoms with Crippen molar-refractivity contribution in [3.05, 3.63) is 22.6 Å². The molecule has 2 N–H and O–H groups in total. The Hall–Kier alpha value is -0.810. The summed E-state index contributed by atoms with van der Waals surface area (Å²) in [5, 5.41) is 4.21. The van der Waals surface area contributed by atoms with Gasteiger partial charge in [-0.05, 0) is 25.3 Å². The summed E-state index contributed by atoms with van der Waals surface area (Å²) < 4.78 is 0. The zero-order valence-corrected chi connectivity index (χ0v) is 10.2. The fourth-order valence-electron chi connectivity index (χ4n) is 1.36. The Labute approximate surface area is 99.3 Å². The third kappa shape index (κ3) is 3.98. The fraction of sp³-hybridized carbons (Fsp3) is 0.636. The zero-order valence-electron chi connectivity index (χ0n) is 9.40. The van der Waals surface area contributed by atoms with Crippen molar-refractivity contribution in [2.24, 2.45) is 5.92 Å². The highest BCUT2D eigenvalue weighted by Crippen LogP contribution is 2.20. The summed E-state index contributed by atoms with van der Waals surface area (Å²) >= 11 is 1.61. The number of thioether (sulfide) groups is 1. The number of H-pyrrole nitrogens is 1. The molecule has 0 radical (unpaired) electrons. The van der Waals surface area contributed by atoms with Crippen LogP contribution in [-0.2, 0) is 0 Å². The lowest BCUT2D eigenvalue weighted by Gasteiger charge is -2.10. The Kier molecular flexibility index (Phi) is 4.01. The smallest absolute Gasteiger partial charge is 0.251 e. The van der Waals surface area contributed by atoms with Gasteiger partial charge in [0.25, 0.3) is 5.56 Å². The molecule has 1 aromatic rings. The molecule has 0 bridgehead atoms. The number of aromatic amines is 1. The Balaban J connectivity index is 1.71. The standard InChI is InChI=1S/C11H17N3OS/c1-8(6-13-9-2-3-9)7-16-11-12-5-4-10(15)14-11/h4-5,8-9,13H,2-3,6-7H2,1H3,(H,12,14,15). The Morgan fingerprint density at radius 2 is 2.50 bits per heavy atom. The summed E-state index contributed by atoms with van der Waals surface area (Å²) in [5.41, 5.74) is -0.0822. The van der Waals surface area contributed by atoms with Crippen LogP contribution in [0.25, 0.3) is 0 Å². The molecule has 1 heterocycles. The molecule has 5 heteroatoms. The quantitative estimate of drug-likeness (QED) is 0.579. The summed E-state index contributed by atoms with van der Waals surface area (Å²) in [4.78, 5) is 17.9. The Morgan fingerprint density at radius 3 is 3.19 bits per heavy atom. The van der Waals surface area contributed by atoms with E-state index in [1.54, 1.807) is 18.0 Å². The molecule has 0 aromatic carbocycles. The topological polar surface area (TPSA) is 57.8 Å². The van der Waals surface area contributed by atoms with E-state index in [0.29, 0.717) is 11.1 Å². The van der Waals surface area contributed by atoms with Crippen molar-refractivity contribution < 1.29 is 0 Å². The van der Waals surface area contributed by atoms with E-state index in [0.717, 1.165) is 18.3 Å². The minimum absolute atomic E-state index is 0.0822. The predicted octanol–water partition coefficient (Wildman–Crippen LogP) is 1.25. The number of nitrogens with zero attached hydrogens (tertiary/aromatic N) is 1. The third-order valence-electron chi connectivity index (χ3n) is 2.48. The second kappa shape index (κ2) is 5.50. The summed E-state index contributed by atoms with van der Waals surface area (Å²) in [6.07, 6.45) is 4.20. The van der Waals surface area contributed by atoms with E-state index in [9.17, 15) is 4.79 Å².